The molecule has 2 saturated carbocycles. The predicted molar refractivity (Wildman–Crippen MR) is 75.9 cm³/mol. The Balaban J connectivity index is 1.81. The molecule has 0 atom stereocenters. The monoisotopic (exact) mass is 327 g/mol. The Bertz CT molecular complexity index is 483. The second kappa shape index (κ2) is 4.86. The van der Waals surface area contributed by atoms with E-state index in [1.54, 1.807) is 12.1 Å². The van der Waals surface area contributed by atoms with Crippen molar-refractivity contribution in [3.05, 3.63) is 33.3 Å². The van der Waals surface area contributed by atoms with Gasteiger partial charge >= 0.3 is 0 Å². The fraction of sp³-hybridized carbons (Fsp3) is 0.500. The molecule has 3 rings (SSSR count). The Labute approximate surface area is 120 Å². The third-order valence-corrected chi connectivity index (χ3v) is 4.45. The minimum atomic E-state index is 0.146. The SMILES string of the molecule is O=C(c1ccc(Cl)cc1Br)N(CC1CC1)C1CC1. The van der Waals surface area contributed by atoms with Crippen LogP contribution in [0.15, 0.2) is 22.7 Å². The highest BCUT2D eigenvalue weighted by Crippen LogP contribution is 2.36. The molecule has 2 nitrogen and oxygen atoms in total. The van der Waals surface area contributed by atoms with Crippen LogP contribution in [0.25, 0.3) is 0 Å². The third kappa shape index (κ3) is 2.72. The second-order valence-electron chi connectivity index (χ2n) is 5.26. The number of halogens is 2. The number of rotatable bonds is 4. The molecule has 4 heteroatoms. The van der Waals surface area contributed by atoms with Gasteiger partial charge in [-0.2, -0.15) is 0 Å². The molecule has 0 unspecified atom stereocenters. The molecule has 96 valence electrons. The predicted octanol–water partition coefficient (Wildman–Crippen LogP) is 4.12. The van der Waals surface area contributed by atoms with Crippen molar-refractivity contribution in [2.24, 2.45) is 5.92 Å². The summed E-state index contributed by atoms with van der Waals surface area (Å²) in [5.74, 6) is 0.883. The quantitative estimate of drug-likeness (QED) is 0.814. The lowest BCUT2D eigenvalue weighted by Gasteiger charge is -2.23. The second-order valence-corrected chi connectivity index (χ2v) is 6.55. The van der Waals surface area contributed by atoms with E-state index in [9.17, 15) is 4.79 Å². The van der Waals surface area contributed by atoms with E-state index in [0.717, 1.165) is 35.3 Å². The highest BCUT2D eigenvalue weighted by atomic mass is 79.9. The molecular formula is C14H15BrClNO. The van der Waals surface area contributed by atoms with Gasteiger partial charge in [0.1, 0.15) is 0 Å². The average Bonchev–Trinajstić information content (AvgIpc) is 3.18. The van der Waals surface area contributed by atoms with Crippen LogP contribution < -0.4 is 0 Å². The van der Waals surface area contributed by atoms with Gasteiger partial charge in [-0.1, -0.05) is 11.6 Å². The summed E-state index contributed by atoms with van der Waals surface area (Å²) in [5.41, 5.74) is 0.729. The molecular weight excluding hydrogens is 314 g/mol. The first-order valence-corrected chi connectivity index (χ1v) is 7.58. The van der Waals surface area contributed by atoms with Crippen molar-refractivity contribution < 1.29 is 4.79 Å². The molecule has 1 aromatic carbocycles. The van der Waals surface area contributed by atoms with Gasteiger partial charge in [-0.05, 0) is 65.7 Å². The van der Waals surface area contributed by atoms with E-state index in [1.807, 2.05) is 6.07 Å². The normalized spacial score (nSPS) is 18.8. The molecule has 0 aliphatic heterocycles. The van der Waals surface area contributed by atoms with Gasteiger partial charge in [-0.3, -0.25) is 4.79 Å². The van der Waals surface area contributed by atoms with Crippen LogP contribution in [0, 0.1) is 5.92 Å². The summed E-state index contributed by atoms with van der Waals surface area (Å²) < 4.78 is 0.793. The van der Waals surface area contributed by atoms with E-state index in [4.69, 9.17) is 11.6 Å². The summed E-state index contributed by atoms with van der Waals surface area (Å²) in [5, 5.41) is 0.651. The Morgan fingerprint density at radius 3 is 2.61 bits per heavy atom. The van der Waals surface area contributed by atoms with E-state index in [0.29, 0.717) is 11.1 Å². The van der Waals surface area contributed by atoms with Crippen LogP contribution in [0.5, 0.6) is 0 Å². The molecule has 1 aromatic rings. The molecule has 0 radical (unpaired) electrons. The van der Waals surface area contributed by atoms with Gasteiger partial charge in [-0.15, -0.1) is 0 Å². The van der Waals surface area contributed by atoms with Crippen LogP contribution in [0.1, 0.15) is 36.0 Å². The first-order valence-electron chi connectivity index (χ1n) is 6.41. The molecule has 2 aliphatic carbocycles. The van der Waals surface area contributed by atoms with E-state index in [-0.39, 0.29) is 5.91 Å². The number of carbonyl (C=O) groups is 1. The van der Waals surface area contributed by atoms with Crippen molar-refractivity contribution in [1.29, 1.82) is 0 Å². The third-order valence-electron chi connectivity index (χ3n) is 3.56. The molecule has 0 saturated heterocycles. The summed E-state index contributed by atoms with van der Waals surface area (Å²) in [7, 11) is 0. The summed E-state index contributed by atoms with van der Waals surface area (Å²) in [6.07, 6.45) is 4.86. The van der Waals surface area contributed by atoms with Crippen molar-refractivity contribution in [3.63, 3.8) is 0 Å². The fourth-order valence-corrected chi connectivity index (χ4v) is 3.03. The fourth-order valence-electron chi connectivity index (χ4n) is 2.18. The van der Waals surface area contributed by atoms with Gasteiger partial charge in [0, 0.05) is 22.1 Å². The van der Waals surface area contributed by atoms with Gasteiger partial charge < -0.3 is 4.90 Å². The first kappa shape index (κ1) is 12.5. The minimum Gasteiger partial charge on any atom is -0.335 e. The lowest BCUT2D eigenvalue weighted by Crippen LogP contribution is -2.35. The topological polar surface area (TPSA) is 20.3 Å². The Morgan fingerprint density at radius 1 is 1.33 bits per heavy atom. The summed E-state index contributed by atoms with van der Waals surface area (Å²) in [6, 6.07) is 5.86. The van der Waals surface area contributed by atoms with E-state index in [2.05, 4.69) is 20.8 Å². The zero-order valence-corrected chi connectivity index (χ0v) is 12.4. The van der Waals surface area contributed by atoms with Gasteiger partial charge in [-0.25, -0.2) is 0 Å². The lowest BCUT2D eigenvalue weighted by atomic mass is 10.2. The molecule has 1 amide bonds. The van der Waals surface area contributed by atoms with Crippen LogP contribution in [-0.4, -0.2) is 23.4 Å². The van der Waals surface area contributed by atoms with Crippen LogP contribution in [-0.2, 0) is 0 Å². The number of nitrogens with zero attached hydrogens (tertiary/aromatic N) is 1. The van der Waals surface area contributed by atoms with Crippen molar-refractivity contribution in [3.8, 4) is 0 Å². The maximum Gasteiger partial charge on any atom is 0.255 e. The molecule has 2 fully saturated rings. The molecule has 18 heavy (non-hydrogen) atoms. The summed E-state index contributed by atoms with van der Waals surface area (Å²) >= 11 is 9.35. The van der Waals surface area contributed by atoms with Crippen molar-refractivity contribution in [1.82, 2.24) is 4.90 Å². The maximum atomic E-state index is 12.6. The zero-order valence-electron chi connectivity index (χ0n) is 10.0. The van der Waals surface area contributed by atoms with E-state index < -0.39 is 0 Å². The smallest absolute Gasteiger partial charge is 0.255 e. The van der Waals surface area contributed by atoms with Gasteiger partial charge in [0.15, 0.2) is 0 Å². The molecule has 0 N–H and O–H groups in total. The van der Waals surface area contributed by atoms with Crippen LogP contribution in [0.3, 0.4) is 0 Å². The van der Waals surface area contributed by atoms with Gasteiger partial charge in [0.2, 0.25) is 0 Å². The standard InChI is InChI=1S/C14H15BrClNO/c15-13-7-10(16)3-6-12(13)14(18)17(11-4-5-11)8-9-1-2-9/h3,6-7,9,11H,1-2,4-5,8H2. The van der Waals surface area contributed by atoms with Crippen molar-refractivity contribution >= 4 is 33.4 Å². The number of benzene rings is 1. The average molecular weight is 329 g/mol. The molecule has 2 aliphatic rings. The minimum absolute atomic E-state index is 0.146. The molecule has 0 aromatic heterocycles. The summed E-state index contributed by atoms with van der Waals surface area (Å²) in [6.45, 7) is 0.929. The van der Waals surface area contributed by atoms with E-state index >= 15 is 0 Å². The summed E-state index contributed by atoms with van der Waals surface area (Å²) in [4.78, 5) is 14.6. The molecule has 0 bridgehead atoms. The van der Waals surface area contributed by atoms with Crippen LogP contribution in [0.2, 0.25) is 5.02 Å². The Kier molecular flexibility index (Phi) is 3.37. The molecule has 0 heterocycles. The zero-order chi connectivity index (χ0) is 12.7. The largest absolute Gasteiger partial charge is 0.335 e. The Morgan fingerprint density at radius 2 is 2.06 bits per heavy atom. The highest BCUT2D eigenvalue weighted by molar-refractivity contribution is 9.10. The number of carbonyl (C=O) groups excluding carboxylic acids is 1. The van der Waals surface area contributed by atoms with Gasteiger partial charge in [0.05, 0.1) is 5.56 Å². The van der Waals surface area contributed by atoms with Gasteiger partial charge in [0.25, 0.3) is 5.91 Å². The maximum absolute atomic E-state index is 12.6. The van der Waals surface area contributed by atoms with E-state index in [1.165, 1.54) is 12.8 Å². The Hall–Kier alpha value is -0.540. The number of hydrogen-bond acceptors (Lipinski definition) is 1. The number of hydrogen-bond donors (Lipinski definition) is 0. The molecule has 0 spiro atoms. The van der Waals surface area contributed by atoms with Crippen molar-refractivity contribution in [2.45, 2.75) is 31.7 Å². The van der Waals surface area contributed by atoms with Crippen molar-refractivity contribution in [2.75, 3.05) is 6.54 Å². The first-order chi connectivity index (χ1) is 8.65. The van der Waals surface area contributed by atoms with Crippen LogP contribution >= 0.6 is 27.5 Å². The van der Waals surface area contributed by atoms with Crippen LogP contribution in [0.4, 0.5) is 0 Å². The lowest BCUT2D eigenvalue weighted by molar-refractivity contribution is 0.0734. The number of amides is 1. The highest BCUT2D eigenvalue weighted by Gasteiger charge is 2.37.